The van der Waals surface area contributed by atoms with Crippen LogP contribution in [0.2, 0.25) is 0 Å². The summed E-state index contributed by atoms with van der Waals surface area (Å²) in [6.07, 6.45) is 0. The van der Waals surface area contributed by atoms with E-state index in [1.54, 1.807) is 18.2 Å². The van der Waals surface area contributed by atoms with Crippen molar-refractivity contribution in [1.29, 1.82) is 0 Å². The van der Waals surface area contributed by atoms with E-state index in [0.29, 0.717) is 36.4 Å². The average Bonchev–Trinajstić information content (AvgIpc) is 3.17. The van der Waals surface area contributed by atoms with Crippen LogP contribution in [0.4, 0.5) is 10.2 Å². The fourth-order valence-corrected chi connectivity index (χ4v) is 2.97. The largest absolute Gasteiger partial charge is 0.359 e. The molecule has 7 heteroatoms. The molecule has 138 valence electrons. The minimum Gasteiger partial charge on any atom is -0.359 e. The van der Waals surface area contributed by atoms with Gasteiger partial charge in [-0.25, -0.2) is 9.38 Å². The van der Waals surface area contributed by atoms with Crippen molar-refractivity contribution in [2.24, 2.45) is 4.99 Å². The molecule has 2 heterocycles. The van der Waals surface area contributed by atoms with Gasteiger partial charge in [-0.3, -0.25) is 5.32 Å². The van der Waals surface area contributed by atoms with Crippen molar-refractivity contribution in [2.75, 3.05) is 18.7 Å². The van der Waals surface area contributed by atoms with Gasteiger partial charge >= 0.3 is 0 Å². The molecule has 0 saturated carbocycles. The molecular formula is C20H20FN5O. The van der Waals surface area contributed by atoms with Gasteiger partial charge in [0.25, 0.3) is 0 Å². The number of anilines is 1. The molecule has 2 aromatic carbocycles. The van der Waals surface area contributed by atoms with Gasteiger partial charge in [-0.15, -0.1) is 0 Å². The molecule has 27 heavy (non-hydrogen) atoms. The number of guanidine groups is 1. The highest BCUT2D eigenvalue weighted by Gasteiger charge is 2.17. The fourth-order valence-electron chi connectivity index (χ4n) is 2.97. The number of hydrogen-bond acceptors (Lipinski definition) is 6. The molecule has 0 aliphatic carbocycles. The maximum atomic E-state index is 14.6. The molecule has 0 amide bonds. The highest BCUT2D eigenvalue weighted by molar-refractivity contribution is 5.93. The summed E-state index contributed by atoms with van der Waals surface area (Å²) in [5, 5.41) is 13.2. The van der Waals surface area contributed by atoms with Crippen LogP contribution in [-0.4, -0.2) is 24.5 Å². The Morgan fingerprint density at radius 1 is 1.15 bits per heavy atom. The molecule has 0 bridgehead atoms. The van der Waals surface area contributed by atoms with E-state index in [-0.39, 0.29) is 11.7 Å². The van der Waals surface area contributed by atoms with Gasteiger partial charge in [0, 0.05) is 17.5 Å². The Hall–Kier alpha value is -3.19. The van der Waals surface area contributed by atoms with Gasteiger partial charge in [0.05, 0.1) is 13.3 Å². The summed E-state index contributed by atoms with van der Waals surface area (Å²) in [6.45, 7) is 3.14. The Bertz CT molecular complexity index is 954. The lowest BCUT2D eigenvalue weighted by atomic mass is 9.95. The standard InChI is InChI=1S/C20H20FN5O/c1-13(18-10-19(26-27-18)25-20-23-11-22-12-24-20)15-7-8-16(17(21)9-15)14-5-3-2-4-6-14/h2-10,13,22H,11-12H2,1H3,(H2,23,24,25,26). The fraction of sp³-hybridized carbons (Fsp3) is 0.200. The molecule has 0 radical (unpaired) electrons. The van der Waals surface area contributed by atoms with Crippen LogP contribution in [0, 0.1) is 5.82 Å². The van der Waals surface area contributed by atoms with Gasteiger partial charge in [-0.1, -0.05) is 54.5 Å². The zero-order valence-corrected chi connectivity index (χ0v) is 14.9. The molecule has 1 unspecified atom stereocenters. The molecule has 3 N–H and O–H groups in total. The lowest BCUT2D eigenvalue weighted by Gasteiger charge is -2.15. The third-order valence-corrected chi connectivity index (χ3v) is 4.51. The Kier molecular flexibility index (Phi) is 4.84. The normalized spacial score (nSPS) is 15.0. The van der Waals surface area contributed by atoms with Crippen molar-refractivity contribution >= 4 is 11.8 Å². The van der Waals surface area contributed by atoms with Crippen LogP contribution in [0.25, 0.3) is 11.1 Å². The molecule has 1 aliphatic heterocycles. The van der Waals surface area contributed by atoms with E-state index in [1.807, 2.05) is 43.3 Å². The van der Waals surface area contributed by atoms with E-state index in [0.717, 1.165) is 11.1 Å². The number of rotatable bonds is 4. The number of aromatic nitrogens is 1. The Balaban J connectivity index is 1.52. The van der Waals surface area contributed by atoms with Crippen molar-refractivity contribution in [2.45, 2.75) is 12.8 Å². The smallest absolute Gasteiger partial charge is 0.199 e. The Labute approximate surface area is 156 Å². The van der Waals surface area contributed by atoms with E-state index >= 15 is 0 Å². The van der Waals surface area contributed by atoms with Gasteiger partial charge in [-0.05, 0) is 17.2 Å². The molecule has 0 fully saturated rings. The van der Waals surface area contributed by atoms with E-state index in [1.165, 1.54) is 0 Å². The van der Waals surface area contributed by atoms with Gasteiger partial charge in [0.1, 0.15) is 11.6 Å². The highest BCUT2D eigenvalue weighted by atomic mass is 19.1. The topological polar surface area (TPSA) is 74.5 Å². The van der Waals surface area contributed by atoms with Crippen molar-refractivity contribution in [1.82, 2.24) is 15.8 Å². The second kappa shape index (κ2) is 7.59. The first-order valence-electron chi connectivity index (χ1n) is 8.78. The van der Waals surface area contributed by atoms with Crippen LogP contribution in [0.15, 0.2) is 64.1 Å². The van der Waals surface area contributed by atoms with Crippen molar-refractivity contribution < 1.29 is 8.91 Å². The molecule has 0 spiro atoms. The Morgan fingerprint density at radius 3 is 2.74 bits per heavy atom. The first kappa shape index (κ1) is 17.2. The number of hydrogen-bond donors (Lipinski definition) is 3. The van der Waals surface area contributed by atoms with Gasteiger partial charge in [0.2, 0.25) is 0 Å². The summed E-state index contributed by atoms with van der Waals surface area (Å²) in [4.78, 5) is 4.24. The van der Waals surface area contributed by atoms with E-state index in [9.17, 15) is 4.39 Å². The molecule has 0 saturated heterocycles. The predicted molar refractivity (Wildman–Crippen MR) is 103 cm³/mol. The summed E-state index contributed by atoms with van der Waals surface area (Å²) in [5.41, 5.74) is 2.27. The summed E-state index contributed by atoms with van der Waals surface area (Å²) < 4.78 is 20.1. The van der Waals surface area contributed by atoms with Gasteiger partial charge in [-0.2, -0.15) is 0 Å². The van der Waals surface area contributed by atoms with E-state index in [2.05, 4.69) is 26.1 Å². The molecule has 3 aromatic rings. The van der Waals surface area contributed by atoms with Crippen LogP contribution >= 0.6 is 0 Å². The molecule has 4 rings (SSSR count). The predicted octanol–water partition coefficient (Wildman–Crippen LogP) is 3.51. The molecule has 1 aromatic heterocycles. The third kappa shape index (κ3) is 3.83. The summed E-state index contributed by atoms with van der Waals surface area (Å²) in [7, 11) is 0. The lowest BCUT2D eigenvalue weighted by molar-refractivity contribution is 0.378. The second-order valence-corrected chi connectivity index (χ2v) is 6.33. The van der Waals surface area contributed by atoms with Gasteiger partial charge in [0.15, 0.2) is 11.8 Å². The lowest BCUT2D eigenvalue weighted by Crippen LogP contribution is -2.43. The van der Waals surface area contributed by atoms with Gasteiger partial charge < -0.3 is 15.2 Å². The highest BCUT2D eigenvalue weighted by Crippen LogP contribution is 2.30. The van der Waals surface area contributed by atoms with E-state index < -0.39 is 0 Å². The zero-order valence-electron chi connectivity index (χ0n) is 14.9. The van der Waals surface area contributed by atoms with Crippen molar-refractivity contribution in [3.05, 3.63) is 71.7 Å². The number of nitrogens with zero attached hydrogens (tertiary/aromatic N) is 2. The van der Waals surface area contributed by atoms with Crippen LogP contribution in [0.3, 0.4) is 0 Å². The monoisotopic (exact) mass is 365 g/mol. The molecule has 6 nitrogen and oxygen atoms in total. The summed E-state index contributed by atoms with van der Waals surface area (Å²) >= 11 is 0. The average molecular weight is 365 g/mol. The minimum absolute atomic E-state index is 0.129. The molecular weight excluding hydrogens is 345 g/mol. The second-order valence-electron chi connectivity index (χ2n) is 6.33. The first-order valence-corrected chi connectivity index (χ1v) is 8.78. The zero-order chi connectivity index (χ0) is 18.6. The van der Waals surface area contributed by atoms with Crippen LogP contribution in [0.1, 0.15) is 24.2 Å². The first-order chi connectivity index (χ1) is 13.2. The number of benzene rings is 2. The number of halogens is 1. The maximum absolute atomic E-state index is 14.6. The molecule has 1 aliphatic rings. The van der Waals surface area contributed by atoms with Crippen molar-refractivity contribution in [3.63, 3.8) is 0 Å². The maximum Gasteiger partial charge on any atom is 0.199 e. The summed E-state index contributed by atoms with van der Waals surface area (Å²) in [6, 6.07) is 16.6. The van der Waals surface area contributed by atoms with Crippen molar-refractivity contribution in [3.8, 4) is 11.1 Å². The molecule has 1 atom stereocenters. The summed E-state index contributed by atoms with van der Waals surface area (Å²) in [5.74, 6) is 1.47. The van der Waals surface area contributed by atoms with Crippen LogP contribution in [-0.2, 0) is 0 Å². The number of aliphatic imine (C=N–C) groups is 1. The van der Waals surface area contributed by atoms with E-state index in [4.69, 9.17) is 4.52 Å². The number of nitrogens with one attached hydrogen (secondary N) is 3. The SMILES string of the molecule is CC(c1ccc(-c2ccccc2)c(F)c1)c1cc(NC2=NCNCN2)no1. The third-order valence-electron chi connectivity index (χ3n) is 4.51. The minimum atomic E-state index is -0.253. The van der Waals surface area contributed by atoms with Crippen LogP contribution < -0.4 is 16.0 Å². The van der Waals surface area contributed by atoms with Crippen LogP contribution in [0.5, 0.6) is 0 Å². The Morgan fingerprint density at radius 2 is 2.00 bits per heavy atom. The quantitative estimate of drug-likeness (QED) is 0.660.